The SMILES string of the molecule is O=C(c1cnns1)c1cccc(Br)c1F. The average Bonchev–Trinajstić information content (AvgIpc) is 2.74. The van der Waals surface area contributed by atoms with Gasteiger partial charge in [-0.15, -0.1) is 5.10 Å². The number of nitrogens with zero attached hydrogens (tertiary/aromatic N) is 2. The number of hydrogen-bond donors (Lipinski definition) is 0. The van der Waals surface area contributed by atoms with E-state index < -0.39 is 11.6 Å². The van der Waals surface area contributed by atoms with Gasteiger partial charge in [0.05, 0.1) is 16.2 Å². The highest BCUT2D eigenvalue weighted by atomic mass is 79.9. The molecule has 0 fully saturated rings. The normalized spacial score (nSPS) is 10.3. The Kier molecular flexibility index (Phi) is 2.88. The molecule has 1 heterocycles. The van der Waals surface area contributed by atoms with Crippen LogP contribution in [0.1, 0.15) is 15.2 Å². The summed E-state index contributed by atoms with van der Waals surface area (Å²) in [4.78, 5) is 12.1. The van der Waals surface area contributed by atoms with Gasteiger partial charge < -0.3 is 0 Å². The molecule has 0 aliphatic rings. The molecule has 15 heavy (non-hydrogen) atoms. The highest BCUT2D eigenvalue weighted by Crippen LogP contribution is 2.21. The first-order chi connectivity index (χ1) is 7.20. The first kappa shape index (κ1) is 10.4. The third kappa shape index (κ3) is 1.95. The van der Waals surface area contributed by atoms with Crippen molar-refractivity contribution in [2.45, 2.75) is 0 Å². The lowest BCUT2D eigenvalue weighted by atomic mass is 10.1. The van der Waals surface area contributed by atoms with Crippen LogP contribution < -0.4 is 0 Å². The van der Waals surface area contributed by atoms with Gasteiger partial charge in [0.25, 0.3) is 0 Å². The van der Waals surface area contributed by atoms with Crippen molar-refractivity contribution < 1.29 is 9.18 Å². The highest BCUT2D eigenvalue weighted by molar-refractivity contribution is 9.10. The summed E-state index contributed by atoms with van der Waals surface area (Å²) in [6.45, 7) is 0. The first-order valence-corrected chi connectivity index (χ1v) is 5.53. The standard InChI is InChI=1S/C9H4BrFN2OS/c10-6-3-1-2-5(8(6)11)9(14)7-4-12-13-15-7/h1-4H. The second-order valence-electron chi connectivity index (χ2n) is 2.71. The Morgan fingerprint density at radius 1 is 1.47 bits per heavy atom. The zero-order valence-corrected chi connectivity index (χ0v) is 9.68. The van der Waals surface area contributed by atoms with E-state index in [1.165, 1.54) is 18.3 Å². The van der Waals surface area contributed by atoms with Gasteiger partial charge in [0, 0.05) is 0 Å². The molecule has 1 aromatic heterocycles. The Hall–Kier alpha value is -1.14. The molecule has 3 nitrogen and oxygen atoms in total. The summed E-state index contributed by atoms with van der Waals surface area (Å²) in [6, 6.07) is 4.58. The maximum Gasteiger partial charge on any atom is 0.209 e. The molecule has 6 heteroatoms. The van der Waals surface area contributed by atoms with E-state index in [2.05, 4.69) is 25.5 Å². The molecule has 0 radical (unpaired) electrons. The molecule has 0 spiro atoms. The van der Waals surface area contributed by atoms with Gasteiger partial charge in [0.2, 0.25) is 5.78 Å². The van der Waals surface area contributed by atoms with E-state index in [9.17, 15) is 9.18 Å². The van der Waals surface area contributed by atoms with Crippen LogP contribution in [0.5, 0.6) is 0 Å². The fourth-order valence-corrected chi connectivity index (χ4v) is 1.91. The molecule has 0 bridgehead atoms. The van der Waals surface area contributed by atoms with Gasteiger partial charge >= 0.3 is 0 Å². The van der Waals surface area contributed by atoms with E-state index in [0.29, 0.717) is 4.88 Å². The van der Waals surface area contributed by atoms with Crippen molar-refractivity contribution in [3.8, 4) is 0 Å². The summed E-state index contributed by atoms with van der Waals surface area (Å²) in [5.74, 6) is -0.959. The van der Waals surface area contributed by atoms with Crippen LogP contribution in [-0.4, -0.2) is 15.4 Å². The van der Waals surface area contributed by atoms with E-state index in [4.69, 9.17) is 0 Å². The van der Waals surface area contributed by atoms with E-state index >= 15 is 0 Å². The van der Waals surface area contributed by atoms with Crippen molar-refractivity contribution in [1.82, 2.24) is 9.59 Å². The molecule has 0 saturated heterocycles. The molecule has 76 valence electrons. The Bertz CT molecular complexity index is 501. The van der Waals surface area contributed by atoms with Gasteiger partial charge in [-0.05, 0) is 39.6 Å². The van der Waals surface area contributed by atoms with Crippen LogP contribution in [0.15, 0.2) is 28.9 Å². The summed E-state index contributed by atoms with van der Waals surface area (Å²) < 4.78 is 17.4. The lowest BCUT2D eigenvalue weighted by molar-refractivity contribution is 0.103. The molecule has 2 aromatic rings. The molecule has 0 atom stereocenters. The maximum atomic E-state index is 13.5. The number of rotatable bonds is 2. The molecule has 0 N–H and O–H groups in total. The monoisotopic (exact) mass is 286 g/mol. The van der Waals surface area contributed by atoms with Gasteiger partial charge in [-0.1, -0.05) is 10.6 Å². The van der Waals surface area contributed by atoms with Crippen LogP contribution in [0.25, 0.3) is 0 Å². The van der Waals surface area contributed by atoms with E-state index in [1.54, 1.807) is 6.07 Å². The van der Waals surface area contributed by atoms with Crippen molar-refractivity contribution in [2.24, 2.45) is 0 Å². The summed E-state index contributed by atoms with van der Waals surface area (Å²) in [5.41, 5.74) is 0.0235. The molecule has 0 aliphatic heterocycles. The molecule has 0 saturated carbocycles. The second kappa shape index (κ2) is 4.16. The molecule has 2 rings (SSSR count). The lowest BCUT2D eigenvalue weighted by Gasteiger charge is -2.00. The van der Waals surface area contributed by atoms with Gasteiger partial charge in [-0.2, -0.15) is 0 Å². The number of halogens is 2. The summed E-state index contributed by atoms with van der Waals surface area (Å²) >= 11 is 3.97. The molecular weight excluding hydrogens is 283 g/mol. The van der Waals surface area contributed by atoms with Crippen LogP contribution in [-0.2, 0) is 0 Å². The van der Waals surface area contributed by atoms with Gasteiger partial charge in [-0.25, -0.2) is 4.39 Å². The Labute approximate surface area is 97.2 Å². The number of ketones is 1. The third-order valence-electron chi connectivity index (χ3n) is 1.78. The topological polar surface area (TPSA) is 42.9 Å². The minimum Gasteiger partial charge on any atom is -0.287 e. The van der Waals surface area contributed by atoms with Crippen molar-refractivity contribution >= 4 is 33.2 Å². The van der Waals surface area contributed by atoms with Crippen molar-refractivity contribution in [3.63, 3.8) is 0 Å². The fourth-order valence-electron chi connectivity index (χ4n) is 1.08. The molecule has 1 aromatic carbocycles. The zero-order chi connectivity index (χ0) is 10.8. The summed E-state index contributed by atoms with van der Waals surface area (Å²) in [6.07, 6.45) is 1.33. The van der Waals surface area contributed by atoms with Crippen molar-refractivity contribution in [3.05, 3.63) is 45.1 Å². The predicted molar refractivity (Wildman–Crippen MR) is 57.4 cm³/mol. The number of carbonyl (C=O) groups excluding carboxylic acids is 1. The van der Waals surface area contributed by atoms with Crippen LogP contribution >= 0.6 is 27.5 Å². The van der Waals surface area contributed by atoms with E-state index in [1.807, 2.05) is 0 Å². The van der Waals surface area contributed by atoms with Gasteiger partial charge in [-0.3, -0.25) is 4.79 Å². The quantitative estimate of drug-likeness (QED) is 0.797. The van der Waals surface area contributed by atoms with Crippen LogP contribution in [0.4, 0.5) is 4.39 Å². The Morgan fingerprint density at radius 2 is 2.27 bits per heavy atom. The second-order valence-corrected chi connectivity index (χ2v) is 4.35. The Balaban J connectivity index is 2.47. The van der Waals surface area contributed by atoms with Crippen molar-refractivity contribution in [1.29, 1.82) is 0 Å². The maximum absolute atomic E-state index is 13.5. The van der Waals surface area contributed by atoms with Gasteiger partial charge in [0.1, 0.15) is 10.7 Å². The van der Waals surface area contributed by atoms with Gasteiger partial charge in [0.15, 0.2) is 0 Å². The zero-order valence-electron chi connectivity index (χ0n) is 7.28. The Morgan fingerprint density at radius 3 is 2.93 bits per heavy atom. The third-order valence-corrected chi connectivity index (χ3v) is 3.06. The van der Waals surface area contributed by atoms with Crippen LogP contribution in [0.3, 0.4) is 0 Å². The van der Waals surface area contributed by atoms with Crippen LogP contribution in [0.2, 0.25) is 0 Å². The molecule has 0 aliphatic carbocycles. The van der Waals surface area contributed by atoms with Crippen LogP contribution in [0, 0.1) is 5.82 Å². The number of benzene rings is 1. The largest absolute Gasteiger partial charge is 0.287 e. The number of hydrogen-bond acceptors (Lipinski definition) is 4. The number of aromatic nitrogens is 2. The number of carbonyl (C=O) groups is 1. The minimum absolute atomic E-state index is 0.0235. The summed E-state index contributed by atoms with van der Waals surface area (Å²) in [5, 5.41) is 3.53. The molecule has 0 unspecified atom stereocenters. The average molecular weight is 287 g/mol. The van der Waals surface area contributed by atoms with E-state index in [0.717, 1.165) is 11.5 Å². The first-order valence-electron chi connectivity index (χ1n) is 3.96. The predicted octanol–water partition coefficient (Wildman–Crippen LogP) is 2.67. The van der Waals surface area contributed by atoms with Crippen molar-refractivity contribution in [2.75, 3.05) is 0 Å². The minimum atomic E-state index is -0.559. The fraction of sp³-hybridized carbons (Fsp3) is 0. The van der Waals surface area contributed by atoms with E-state index in [-0.39, 0.29) is 10.0 Å². The smallest absolute Gasteiger partial charge is 0.209 e. The highest BCUT2D eigenvalue weighted by Gasteiger charge is 2.17. The molecular formula is C9H4BrFN2OS. The summed E-state index contributed by atoms with van der Waals surface area (Å²) in [7, 11) is 0. The lowest BCUT2D eigenvalue weighted by Crippen LogP contribution is -2.02. The molecule has 0 amide bonds.